The van der Waals surface area contributed by atoms with Crippen LogP contribution >= 0.6 is 0 Å². The van der Waals surface area contributed by atoms with Gasteiger partial charge >= 0.3 is 0 Å². The summed E-state index contributed by atoms with van der Waals surface area (Å²) in [5.74, 6) is -1.18. The number of benzene rings is 2. The summed E-state index contributed by atoms with van der Waals surface area (Å²) in [6.07, 6.45) is 5.75. The Bertz CT molecular complexity index is 1400. The van der Waals surface area contributed by atoms with Crippen LogP contribution in [0.15, 0.2) is 60.2 Å². The molecule has 0 saturated heterocycles. The molecule has 1 spiro atoms. The average molecular weight is 599 g/mol. The quantitative estimate of drug-likeness (QED) is 0.357. The minimum atomic E-state index is -3.91. The van der Waals surface area contributed by atoms with Crippen LogP contribution in [0.5, 0.6) is 0 Å². The molecule has 2 aromatic rings. The Morgan fingerprint density at radius 3 is 2.31 bits per heavy atom. The molecule has 228 valence electrons. The van der Waals surface area contributed by atoms with Gasteiger partial charge in [-0.15, -0.1) is 0 Å². The fourth-order valence-corrected chi connectivity index (χ4v) is 7.95. The molecule has 0 bridgehead atoms. The van der Waals surface area contributed by atoms with Crippen molar-refractivity contribution in [2.75, 3.05) is 13.1 Å². The van der Waals surface area contributed by atoms with Crippen LogP contribution in [0.25, 0.3) is 4.91 Å². The summed E-state index contributed by atoms with van der Waals surface area (Å²) in [4.78, 5) is 28.8. The first-order valence-electron chi connectivity index (χ1n) is 14.8. The zero-order valence-corrected chi connectivity index (χ0v) is 25.6. The topological polar surface area (TPSA) is 122 Å². The molecular weight excluding hydrogens is 555 g/mol. The van der Waals surface area contributed by atoms with Crippen molar-refractivity contribution < 1.29 is 22.4 Å². The van der Waals surface area contributed by atoms with Crippen LogP contribution in [-0.2, 0) is 26.0 Å². The minimum absolute atomic E-state index is 0.0747. The molecule has 1 aliphatic carbocycles. The number of hydrogen-bond donors (Lipinski definition) is 3. The fourth-order valence-electron chi connectivity index (χ4n) is 5.98. The molecule has 2 amide bonds. The zero-order valence-electron chi connectivity index (χ0n) is 24.8. The zero-order chi connectivity index (χ0) is 30.5. The number of aryl methyl sites for hydroxylation is 1. The van der Waals surface area contributed by atoms with Gasteiger partial charge in [-0.1, -0.05) is 61.7 Å². The van der Waals surface area contributed by atoms with Crippen LogP contribution in [0, 0.1) is 5.82 Å². The predicted octanol–water partition coefficient (Wildman–Crippen LogP) is 4.27. The first-order valence-corrected chi connectivity index (χ1v) is 16.3. The Hall–Kier alpha value is -3.08. The van der Waals surface area contributed by atoms with Crippen LogP contribution in [0.2, 0.25) is 0 Å². The highest BCUT2D eigenvalue weighted by atomic mass is 32.2. The third-order valence-corrected chi connectivity index (χ3v) is 9.97. The van der Waals surface area contributed by atoms with E-state index in [2.05, 4.69) is 10.0 Å². The number of carbonyl (C=O) groups excluding carboxylic acids is 2. The summed E-state index contributed by atoms with van der Waals surface area (Å²) in [5, 5.41) is 2.87. The van der Waals surface area contributed by atoms with E-state index >= 15 is 0 Å². The van der Waals surface area contributed by atoms with E-state index in [0.29, 0.717) is 43.4 Å². The summed E-state index contributed by atoms with van der Waals surface area (Å²) >= 11 is 0. The van der Waals surface area contributed by atoms with Gasteiger partial charge in [-0.2, -0.15) is 0 Å². The second kappa shape index (κ2) is 13.1. The molecule has 0 aromatic heterocycles. The molecule has 4 N–H and O–H groups in total. The molecule has 1 heterocycles. The second-order valence-electron chi connectivity index (χ2n) is 12.0. The Morgan fingerprint density at radius 2 is 1.71 bits per heavy atom. The monoisotopic (exact) mass is 598 g/mol. The first-order chi connectivity index (χ1) is 19.9. The number of halogens is 1. The van der Waals surface area contributed by atoms with Crippen LogP contribution in [0.3, 0.4) is 0 Å². The number of rotatable bonds is 11. The number of likely N-dealkylation sites (N-methyl/N-ethyl adjacent to an activating group) is 1. The van der Waals surface area contributed by atoms with Crippen LogP contribution in [-0.4, -0.2) is 55.3 Å². The first kappa shape index (κ1) is 31.8. The SMILES string of the molecule is CCN(CC1=C(c2ccc(F)cc2)S(=O)(=O)NC12CCCCC2)C(=O)[C@@H](CCCc1ccccc1)NC(=O)C(C)(C)N. The lowest BCUT2D eigenvalue weighted by Gasteiger charge is -2.38. The van der Waals surface area contributed by atoms with Crippen LogP contribution in [0.1, 0.15) is 76.8 Å². The van der Waals surface area contributed by atoms with Crippen molar-refractivity contribution in [1.82, 2.24) is 14.9 Å². The van der Waals surface area contributed by atoms with Gasteiger partial charge in [-0.25, -0.2) is 17.5 Å². The van der Waals surface area contributed by atoms with Crippen molar-refractivity contribution >= 4 is 26.7 Å². The van der Waals surface area contributed by atoms with Crippen molar-refractivity contribution in [2.24, 2.45) is 5.73 Å². The highest BCUT2D eigenvalue weighted by Gasteiger charge is 2.49. The molecule has 1 fully saturated rings. The maximum Gasteiger partial charge on any atom is 0.245 e. The number of carbonyl (C=O) groups is 2. The molecule has 10 heteroatoms. The van der Waals surface area contributed by atoms with Gasteiger partial charge in [-0.05, 0) is 81.7 Å². The number of hydrogen-bond acceptors (Lipinski definition) is 5. The van der Waals surface area contributed by atoms with Crippen molar-refractivity contribution in [3.63, 3.8) is 0 Å². The normalized spacial score (nSPS) is 18.6. The molecule has 1 saturated carbocycles. The molecule has 1 aliphatic heterocycles. The smallest absolute Gasteiger partial charge is 0.245 e. The molecule has 4 rings (SSSR count). The Balaban J connectivity index is 1.67. The van der Waals surface area contributed by atoms with E-state index in [0.717, 1.165) is 31.2 Å². The van der Waals surface area contributed by atoms with Gasteiger partial charge in [0.05, 0.1) is 16.0 Å². The van der Waals surface area contributed by atoms with E-state index in [-0.39, 0.29) is 17.4 Å². The van der Waals surface area contributed by atoms with Gasteiger partial charge in [0.2, 0.25) is 21.8 Å². The van der Waals surface area contributed by atoms with Gasteiger partial charge in [0.25, 0.3) is 0 Å². The maximum absolute atomic E-state index is 14.1. The van der Waals surface area contributed by atoms with Crippen LogP contribution < -0.4 is 15.8 Å². The maximum atomic E-state index is 14.1. The van der Waals surface area contributed by atoms with Crippen molar-refractivity contribution in [1.29, 1.82) is 0 Å². The highest BCUT2D eigenvalue weighted by molar-refractivity contribution is 7.99. The molecule has 2 aromatic carbocycles. The molecule has 0 radical (unpaired) electrons. The summed E-state index contributed by atoms with van der Waals surface area (Å²) in [6.45, 7) is 5.41. The summed E-state index contributed by atoms with van der Waals surface area (Å²) < 4.78 is 43.9. The van der Waals surface area contributed by atoms with Crippen LogP contribution in [0.4, 0.5) is 4.39 Å². The van der Waals surface area contributed by atoms with Crippen molar-refractivity contribution in [3.8, 4) is 0 Å². The van der Waals surface area contributed by atoms with Gasteiger partial charge in [-0.3, -0.25) is 9.59 Å². The number of nitrogens with two attached hydrogens (primary N) is 1. The molecule has 2 aliphatic rings. The third kappa shape index (κ3) is 7.27. The lowest BCUT2D eigenvalue weighted by Crippen LogP contribution is -2.57. The van der Waals surface area contributed by atoms with E-state index in [1.807, 2.05) is 37.3 Å². The molecule has 8 nitrogen and oxygen atoms in total. The van der Waals surface area contributed by atoms with Gasteiger partial charge in [0.15, 0.2) is 0 Å². The van der Waals surface area contributed by atoms with E-state index in [1.165, 1.54) is 24.3 Å². The average Bonchev–Trinajstić information content (AvgIpc) is 3.16. The largest absolute Gasteiger partial charge is 0.343 e. The predicted molar refractivity (Wildman–Crippen MR) is 163 cm³/mol. The summed E-state index contributed by atoms with van der Waals surface area (Å²) in [7, 11) is -3.91. The van der Waals surface area contributed by atoms with Crippen molar-refractivity contribution in [3.05, 3.63) is 77.1 Å². The Kier molecular flexibility index (Phi) is 9.90. The summed E-state index contributed by atoms with van der Waals surface area (Å²) in [6, 6.07) is 14.5. The molecule has 1 atom stereocenters. The van der Waals surface area contributed by atoms with Gasteiger partial charge < -0.3 is 16.0 Å². The van der Waals surface area contributed by atoms with Gasteiger partial charge in [0, 0.05) is 13.1 Å². The van der Waals surface area contributed by atoms with E-state index in [9.17, 15) is 22.4 Å². The van der Waals surface area contributed by atoms with E-state index in [1.54, 1.807) is 18.7 Å². The number of nitrogens with one attached hydrogen (secondary N) is 2. The Labute approximate surface area is 249 Å². The Morgan fingerprint density at radius 1 is 1.07 bits per heavy atom. The third-order valence-electron chi connectivity index (χ3n) is 8.30. The number of amides is 2. The fraction of sp³-hybridized carbons (Fsp3) is 0.500. The molecule has 0 unspecified atom stereocenters. The van der Waals surface area contributed by atoms with Gasteiger partial charge in [0.1, 0.15) is 11.9 Å². The standard InChI is InChI=1S/C32H43FN4O4S/c1-4-37(29(38)27(35-30(39)31(2,3)34)15-11-14-23-12-7-5-8-13-23)22-26-28(24-16-18-25(33)19-17-24)42(40,41)36-32(26)20-9-6-10-21-32/h5,7-8,12-13,16-19,27,36H,4,6,9-11,14-15,20-22,34H2,1-3H3,(H,35,39)/t27-/m1/s1. The highest BCUT2D eigenvalue weighted by Crippen LogP contribution is 2.45. The van der Waals surface area contributed by atoms with E-state index < -0.39 is 38.9 Å². The lowest BCUT2D eigenvalue weighted by atomic mass is 9.76. The summed E-state index contributed by atoms with van der Waals surface area (Å²) in [5.41, 5.74) is 6.22. The van der Waals surface area contributed by atoms with Crippen molar-refractivity contribution in [2.45, 2.75) is 89.3 Å². The molecular formula is C32H43FN4O4S. The molecule has 42 heavy (non-hydrogen) atoms. The second-order valence-corrected chi connectivity index (χ2v) is 13.7. The number of nitrogens with zero attached hydrogens (tertiary/aromatic N) is 1. The minimum Gasteiger partial charge on any atom is -0.343 e. The number of sulfonamides is 1. The van der Waals surface area contributed by atoms with E-state index in [4.69, 9.17) is 5.73 Å². The lowest BCUT2D eigenvalue weighted by molar-refractivity contribution is -0.137.